The van der Waals surface area contributed by atoms with Crippen molar-refractivity contribution in [3.63, 3.8) is 0 Å². The average molecular weight is 247 g/mol. The maximum absolute atomic E-state index is 12.9. The minimum absolute atomic E-state index is 0.194. The lowest BCUT2D eigenvalue weighted by Crippen LogP contribution is -2.34. The Morgan fingerprint density at radius 2 is 2.11 bits per heavy atom. The number of carbonyl (C=O) groups excluding carboxylic acids is 1. The normalized spacial score (nSPS) is 10.3. The number of imidazole rings is 1. The van der Waals surface area contributed by atoms with Crippen LogP contribution in [0.25, 0.3) is 0 Å². The Labute approximate surface area is 105 Å². The Morgan fingerprint density at radius 1 is 1.39 bits per heavy atom. The molecule has 0 fully saturated rings. The highest BCUT2D eigenvalue weighted by Gasteiger charge is 2.16. The van der Waals surface area contributed by atoms with Crippen molar-refractivity contribution in [3.05, 3.63) is 48.8 Å². The highest BCUT2D eigenvalue weighted by atomic mass is 19.1. The van der Waals surface area contributed by atoms with E-state index in [0.717, 1.165) is 6.42 Å². The molecule has 0 saturated heterocycles. The van der Waals surface area contributed by atoms with Gasteiger partial charge in [0.25, 0.3) is 0 Å². The molecule has 1 amide bonds. The Balaban J connectivity index is 2.28. The molecule has 1 aromatic heterocycles. The van der Waals surface area contributed by atoms with E-state index in [9.17, 15) is 9.18 Å². The van der Waals surface area contributed by atoms with Crippen LogP contribution in [0.3, 0.4) is 0 Å². The van der Waals surface area contributed by atoms with Crippen molar-refractivity contribution in [1.82, 2.24) is 9.55 Å². The SMILES string of the molecule is CCCN(C(=O)n1ccnc1)c1ccc(F)cc1. The topological polar surface area (TPSA) is 38.1 Å². The first-order valence-electron chi connectivity index (χ1n) is 5.77. The molecule has 2 aromatic rings. The molecule has 0 aliphatic heterocycles. The largest absolute Gasteiger partial charge is 0.333 e. The first-order chi connectivity index (χ1) is 8.72. The van der Waals surface area contributed by atoms with Crippen molar-refractivity contribution in [3.8, 4) is 0 Å². The second kappa shape index (κ2) is 5.44. The summed E-state index contributed by atoms with van der Waals surface area (Å²) in [6.45, 7) is 2.56. The summed E-state index contributed by atoms with van der Waals surface area (Å²) < 4.78 is 14.3. The first kappa shape index (κ1) is 12.3. The number of aromatic nitrogens is 2. The number of carbonyl (C=O) groups is 1. The van der Waals surface area contributed by atoms with Gasteiger partial charge in [-0.2, -0.15) is 0 Å². The van der Waals surface area contributed by atoms with Crippen LogP contribution in [0, 0.1) is 5.82 Å². The van der Waals surface area contributed by atoms with Crippen LogP contribution in [0.2, 0.25) is 0 Å². The van der Waals surface area contributed by atoms with Gasteiger partial charge in [-0.05, 0) is 30.7 Å². The van der Waals surface area contributed by atoms with Gasteiger partial charge in [0.05, 0.1) is 0 Å². The second-order valence-electron chi connectivity index (χ2n) is 3.88. The molecule has 0 spiro atoms. The van der Waals surface area contributed by atoms with Crippen LogP contribution in [-0.4, -0.2) is 22.1 Å². The van der Waals surface area contributed by atoms with Crippen molar-refractivity contribution >= 4 is 11.7 Å². The zero-order chi connectivity index (χ0) is 13.0. The van der Waals surface area contributed by atoms with E-state index in [1.165, 1.54) is 23.0 Å². The zero-order valence-electron chi connectivity index (χ0n) is 10.1. The molecule has 5 heteroatoms. The molecule has 0 N–H and O–H groups in total. The Morgan fingerprint density at radius 3 is 2.67 bits per heavy atom. The van der Waals surface area contributed by atoms with Crippen molar-refractivity contribution in [2.24, 2.45) is 0 Å². The van der Waals surface area contributed by atoms with Gasteiger partial charge >= 0.3 is 6.03 Å². The van der Waals surface area contributed by atoms with Crippen molar-refractivity contribution in [1.29, 1.82) is 0 Å². The van der Waals surface area contributed by atoms with Gasteiger partial charge in [-0.25, -0.2) is 14.2 Å². The minimum atomic E-state index is -0.315. The smallest absolute Gasteiger partial charge is 0.294 e. The summed E-state index contributed by atoms with van der Waals surface area (Å²) in [6, 6.07) is 5.69. The third kappa shape index (κ3) is 2.56. The fraction of sp³-hybridized carbons (Fsp3) is 0.231. The lowest BCUT2D eigenvalue weighted by atomic mass is 10.2. The van der Waals surface area contributed by atoms with Gasteiger partial charge in [-0.3, -0.25) is 9.47 Å². The molecular weight excluding hydrogens is 233 g/mol. The predicted molar refractivity (Wildman–Crippen MR) is 67.1 cm³/mol. The maximum atomic E-state index is 12.9. The molecular formula is C13H14FN3O. The van der Waals surface area contributed by atoms with E-state index in [1.54, 1.807) is 29.4 Å². The first-order valence-corrected chi connectivity index (χ1v) is 5.77. The zero-order valence-corrected chi connectivity index (χ0v) is 10.1. The number of rotatable bonds is 3. The Kier molecular flexibility index (Phi) is 3.72. The summed E-state index contributed by atoms with van der Waals surface area (Å²) >= 11 is 0. The molecule has 0 atom stereocenters. The number of hydrogen-bond donors (Lipinski definition) is 0. The van der Waals surface area contributed by atoms with Crippen LogP contribution < -0.4 is 4.90 Å². The molecule has 0 aliphatic carbocycles. The predicted octanol–water partition coefficient (Wildman–Crippen LogP) is 2.91. The molecule has 0 radical (unpaired) electrons. The van der Waals surface area contributed by atoms with Gasteiger partial charge in [-0.1, -0.05) is 6.92 Å². The second-order valence-corrected chi connectivity index (χ2v) is 3.88. The molecule has 0 aliphatic rings. The number of amides is 1. The van der Waals surface area contributed by atoms with Gasteiger partial charge in [0.1, 0.15) is 12.1 Å². The lowest BCUT2D eigenvalue weighted by Gasteiger charge is -2.22. The number of anilines is 1. The van der Waals surface area contributed by atoms with Crippen LogP contribution in [0.1, 0.15) is 13.3 Å². The van der Waals surface area contributed by atoms with Crippen LogP contribution in [0.5, 0.6) is 0 Å². The molecule has 1 heterocycles. The van der Waals surface area contributed by atoms with E-state index in [-0.39, 0.29) is 11.8 Å². The van der Waals surface area contributed by atoms with Crippen molar-refractivity contribution in [2.45, 2.75) is 13.3 Å². The van der Waals surface area contributed by atoms with E-state index < -0.39 is 0 Å². The number of halogens is 1. The highest BCUT2D eigenvalue weighted by Crippen LogP contribution is 2.16. The van der Waals surface area contributed by atoms with Crippen molar-refractivity contribution in [2.75, 3.05) is 11.4 Å². The van der Waals surface area contributed by atoms with Gasteiger partial charge in [-0.15, -0.1) is 0 Å². The molecule has 94 valence electrons. The molecule has 1 aromatic carbocycles. The van der Waals surface area contributed by atoms with Crippen LogP contribution in [0.4, 0.5) is 14.9 Å². The average Bonchev–Trinajstić information content (AvgIpc) is 2.90. The summed E-state index contributed by atoms with van der Waals surface area (Å²) in [5.41, 5.74) is 0.678. The van der Waals surface area contributed by atoms with Crippen LogP contribution >= 0.6 is 0 Å². The molecule has 4 nitrogen and oxygen atoms in total. The van der Waals surface area contributed by atoms with Crippen LogP contribution in [-0.2, 0) is 0 Å². The fourth-order valence-electron chi connectivity index (χ4n) is 1.69. The quantitative estimate of drug-likeness (QED) is 0.836. The van der Waals surface area contributed by atoms with E-state index in [1.807, 2.05) is 6.92 Å². The van der Waals surface area contributed by atoms with Gasteiger partial charge in [0, 0.05) is 24.6 Å². The van der Waals surface area contributed by atoms with Gasteiger partial charge in [0.15, 0.2) is 0 Å². The van der Waals surface area contributed by atoms with Gasteiger partial charge in [0.2, 0.25) is 0 Å². The van der Waals surface area contributed by atoms with E-state index in [2.05, 4.69) is 4.98 Å². The summed E-state index contributed by atoms with van der Waals surface area (Å²) in [5.74, 6) is -0.315. The van der Waals surface area contributed by atoms with Crippen molar-refractivity contribution < 1.29 is 9.18 Å². The number of nitrogens with zero attached hydrogens (tertiary/aromatic N) is 3. The highest BCUT2D eigenvalue weighted by molar-refractivity contribution is 5.93. The third-order valence-corrected chi connectivity index (χ3v) is 2.54. The number of hydrogen-bond acceptors (Lipinski definition) is 2. The van der Waals surface area contributed by atoms with Gasteiger partial charge < -0.3 is 0 Å². The fourth-order valence-corrected chi connectivity index (χ4v) is 1.69. The molecule has 0 unspecified atom stereocenters. The lowest BCUT2D eigenvalue weighted by molar-refractivity contribution is 0.247. The summed E-state index contributed by atoms with van der Waals surface area (Å²) in [4.78, 5) is 17.7. The maximum Gasteiger partial charge on any atom is 0.333 e. The van der Waals surface area contributed by atoms with E-state index in [4.69, 9.17) is 0 Å². The Bertz CT molecular complexity index is 508. The molecule has 2 rings (SSSR count). The number of benzene rings is 1. The van der Waals surface area contributed by atoms with E-state index in [0.29, 0.717) is 12.2 Å². The van der Waals surface area contributed by atoms with Crippen LogP contribution in [0.15, 0.2) is 43.0 Å². The molecule has 18 heavy (non-hydrogen) atoms. The molecule has 0 saturated carbocycles. The summed E-state index contributed by atoms with van der Waals surface area (Å²) in [5, 5.41) is 0. The minimum Gasteiger partial charge on any atom is -0.294 e. The standard InChI is InChI=1S/C13H14FN3O/c1-2-8-17(12-5-3-11(14)4-6-12)13(18)16-9-7-15-10-16/h3-7,9-10H,2,8H2,1H3. The monoisotopic (exact) mass is 247 g/mol. The summed E-state index contributed by atoms with van der Waals surface area (Å²) in [6.07, 6.45) is 5.41. The third-order valence-electron chi connectivity index (χ3n) is 2.54. The Hall–Kier alpha value is -2.17. The van der Waals surface area contributed by atoms with E-state index >= 15 is 0 Å². The summed E-state index contributed by atoms with van der Waals surface area (Å²) in [7, 11) is 0. The molecule has 0 bridgehead atoms.